The van der Waals surface area contributed by atoms with Gasteiger partial charge in [-0.2, -0.15) is 0 Å². The second kappa shape index (κ2) is 3.87. The lowest BCUT2D eigenvalue weighted by Crippen LogP contribution is -2.33. The largest absolute Gasteiger partial charge is 0.469 e. The van der Waals surface area contributed by atoms with Crippen LogP contribution < -0.4 is 0 Å². The quantitative estimate of drug-likeness (QED) is 0.758. The molecule has 1 aliphatic carbocycles. The molecule has 86 valence electrons. The molecule has 0 aromatic carbocycles. The van der Waals surface area contributed by atoms with Gasteiger partial charge in [0.1, 0.15) is 5.60 Å². The van der Waals surface area contributed by atoms with Gasteiger partial charge in [0.25, 0.3) is 0 Å². The van der Waals surface area contributed by atoms with Gasteiger partial charge in [-0.05, 0) is 18.4 Å². The van der Waals surface area contributed by atoms with E-state index in [0.29, 0.717) is 6.42 Å². The van der Waals surface area contributed by atoms with E-state index in [2.05, 4.69) is 9.72 Å². The first-order valence-electron chi connectivity index (χ1n) is 5.31. The molecule has 2 atom stereocenters. The Morgan fingerprint density at radius 2 is 2.50 bits per heavy atom. The Hall–Kier alpha value is -1.42. The van der Waals surface area contributed by atoms with Gasteiger partial charge >= 0.3 is 5.97 Å². The molecule has 1 aromatic heterocycles. The van der Waals surface area contributed by atoms with E-state index in [0.717, 1.165) is 11.3 Å². The monoisotopic (exact) mass is 221 g/mol. The van der Waals surface area contributed by atoms with E-state index in [-0.39, 0.29) is 12.3 Å². The molecule has 0 saturated carbocycles. The number of ether oxygens (including phenoxy) is 1. The van der Waals surface area contributed by atoms with Crippen LogP contribution in [0.1, 0.15) is 24.6 Å². The van der Waals surface area contributed by atoms with Crippen molar-refractivity contribution in [1.29, 1.82) is 0 Å². The van der Waals surface area contributed by atoms with Gasteiger partial charge in [0.15, 0.2) is 0 Å². The summed E-state index contributed by atoms with van der Waals surface area (Å²) < 4.78 is 4.62. The average Bonchev–Trinajstić information content (AvgIpc) is 2.52. The number of carbonyl (C=O) groups is 1. The maximum absolute atomic E-state index is 11.3. The van der Waals surface area contributed by atoms with Crippen LogP contribution in [0.4, 0.5) is 0 Å². The highest BCUT2D eigenvalue weighted by Gasteiger charge is 2.45. The van der Waals surface area contributed by atoms with Gasteiger partial charge in [0.05, 0.1) is 13.5 Å². The Balaban J connectivity index is 2.36. The molecule has 0 fully saturated rings. The standard InChI is InChI=1S/C12H15NO3/c1-8-6-10-9(4-3-5-13-10)12(8,15)7-11(14)16-2/h3-5,8,15H,6-7H2,1-2H3. The van der Waals surface area contributed by atoms with Crippen molar-refractivity contribution in [2.24, 2.45) is 5.92 Å². The van der Waals surface area contributed by atoms with Gasteiger partial charge in [-0.1, -0.05) is 13.0 Å². The molecular weight excluding hydrogens is 206 g/mol. The first-order valence-corrected chi connectivity index (χ1v) is 5.31. The molecule has 16 heavy (non-hydrogen) atoms. The van der Waals surface area contributed by atoms with Crippen molar-refractivity contribution >= 4 is 5.97 Å². The van der Waals surface area contributed by atoms with Crippen molar-refractivity contribution < 1.29 is 14.6 Å². The molecule has 0 spiro atoms. The van der Waals surface area contributed by atoms with Crippen molar-refractivity contribution in [1.82, 2.24) is 4.98 Å². The Kier molecular flexibility index (Phi) is 2.68. The number of aliphatic hydroxyl groups is 1. The molecule has 1 heterocycles. The molecular formula is C12H15NO3. The van der Waals surface area contributed by atoms with Gasteiger partial charge in [-0.3, -0.25) is 9.78 Å². The minimum Gasteiger partial charge on any atom is -0.469 e. The van der Waals surface area contributed by atoms with Crippen LogP contribution in [0.2, 0.25) is 0 Å². The average molecular weight is 221 g/mol. The maximum atomic E-state index is 11.3. The van der Waals surface area contributed by atoms with E-state index in [1.54, 1.807) is 12.3 Å². The summed E-state index contributed by atoms with van der Waals surface area (Å²) in [5.41, 5.74) is 0.505. The van der Waals surface area contributed by atoms with E-state index in [9.17, 15) is 9.90 Å². The molecule has 1 aromatic rings. The molecule has 4 heteroatoms. The van der Waals surface area contributed by atoms with Crippen LogP contribution in [-0.2, 0) is 21.6 Å². The smallest absolute Gasteiger partial charge is 0.308 e. The summed E-state index contributed by atoms with van der Waals surface area (Å²) in [6, 6.07) is 3.61. The number of fused-ring (bicyclic) bond motifs is 1. The fourth-order valence-electron chi connectivity index (χ4n) is 2.28. The number of aromatic nitrogens is 1. The number of carbonyl (C=O) groups excluding carboxylic acids is 1. The minimum absolute atomic E-state index is 0.0106. The molecule has 0 saturated heterocycles. The lowest BCUT2D eigenvalue weighted by Gasteiger charge is -2.27. The van der Waals surface area contributed by atoms with Crippen LogP contribution in [-0.4, -0.2) is 23.2 Å². The fraction of sp³-hybridized carbons (Fsp3) is 0.500. The zero-order valence-electron chi connectivity index (χ0n) is 9.43. The van der Waals surface area contributed by atoms with Gasteiger partial charge in [0.2, 0.25) is 0 Å². The van der Waals surface area contributed by atoms with Gasteiger partial charge in [-0.15, -0.1) is 0 Å². The second-order valence-electron chi connectivity index (χ2n) is 4.28. The molecule has 2 rings (SSSR count). The number of hydrogen-bond donors (Lipinski definition) is 1. The summed E-state index contributed by atoms with van der Waals surface area (Å²) in [5, 5.41) is 10.6. The normalized spacial score (nSPS) is 27.6. The Morgan fingerprint density at radius 1 is 1.75 bits per heavy atom. The van der Waals surface area contributed by atoms with Gasteiger partial charge in [-0.25, -0.2) is 0 Å². The van der Waals surface area contributed by atoms with Crippen LogP contribution in [0.3, 0.4) is 0 Å². The fourth-order valence-corrected chi connectivity index (χ4v) is 2.28. The van der Waals surface area contributed by atoms with Crippen LogP contribution >= 0.6 is 0 Å². The summed E-state index contributed by atoms with van der Waals surface area (Å²) in [6.07, 6.45) is 2.39. The molecule has 0 aliphatic heterocycles. The Bertz CT molecular complexity index is 418. The Labute approximate surface area is 94.3 Å². The minimum atomic E-state index is -1.13. The summed E-state index contributed by atoms with van der Waals surface area (Å²) >= 11 is 0. The second-order valence-corrected chi connectivity index (χ2v) is 4.28. The zero-order chi connectivity index (χ0) is 11.8. The first-order chi connectivity index (χ1) is 7.58. The molecule has 0 bridgehead atoms. The SMILES string of the molecule is COC(=O)CC1(O)c2cccnc2CC1C. The van der Waals surface area contributed by atoms with Gasteiger partial charge < -0.3 is 9.84 Å². The highest BCUT2D eigenvalue weighted by atomic mass is 16.5. The lowest BCUT2D eigenvalue weighted by atomic mass is 9.86. The summed E-state index contributed by atoms with van der Waals surface area (Å²) in [7, 11) is 1.33. The molecule has 4 nitrogen and oxygen atoms in total. The number of methoxy groups -OCH3 is 1. The molecule has 0 amide bonds. The van der Waals surface area contributed by atoms with E-state index < -0.39 is 11.6 Å². The van der Waals surface area contributed by atoms with Crippen molar-refractivity contribution in [3.05, 3.63) is 29.6 Å². The Morgan fingerprint density at radius 3 is 3.19 bits per heavy atom. The number of pyridine rings is 1. The molecule has 1 N–H and O–H groups in total. The van der Waals surface area contributed by atoms with Crippen LogP contribution in [0.15, 0.2) is 18.3 Å². The zero-order valence-corrected chi connectivity index (χ0v) is 9.43. The summed E-state index contributed by atoms with van der Waals surface area (Å²) in [5.74, 6) is -0.414. The molecule has 2 unspecified atom stereocenters. The number of hydrogen-bond acceptors (Lipinski definition) is 4. The molecule has 1 aliphatic rings. The molecule has 0 radical (unpaired) electrons. The van der Waals surface area contributed by atoms with E-state index >= 15 is 0 Å². The maximum Gasteiger partial charge on any atom is 0.308 e. The highest BCUT2D eigenvalue weighted by molar-refractivity contribution is 5.71. The summed E-state index contributed by atoms with van der Waals surface area (Å²) in [4.78, 5) is 15.6. The topological polar surface area (TPSA) is 59.4 Å². The third-order valence-electron chi connectivity index (χ3n) is 3.31. The third kappa shape index (κ3) is 1.59. The van der Waals surface area contributed by atoms with E-state index in [1.807, 2.05) is 13.0 Å². The van der Waals surface area contributed by atoms with Crippen molar-refractivity contribution in [2.75, 3.05) is 7.11 Å². The number of rotatable bonds is 2. The van der Waals surface area contributed by atoms with Crippen molar-refractivity contribution in [2.45, 2.75) is 25.4 Å². The number of esters is 1. The highest BCUT2D eigenvalue weighted by Crippen LogP contribution is 2.42. The lowest BCUT2D eigenvalue weighted by molar-refractivity contribution is -0.148. The predicted octanol–water partition coefficient (Wildman–Crippen LogP) is 1.02. The first kappa shape index (κ1) is 11.1. The van der Waals surface area contributed by atoms with E-state index in [1.165, 1.54) is 7.11 Å². The van der Waals surface area contributed by atoms with Crippen molar-refractivity contribution in [3.63, 3.8) is 0 Å². The third-order valence-corrected chi connectivity index (χ3v) is 3.31. The number of nitrogens with zero attached hydrogens (tertiary/aromatic N) is 1. The summed E-state index contributed by atoms with van der Waals surface area (Å²) in [6.45, 7) is 1.92. The van der Waals surface area contributed by atoms with Crippen LogP contribution in [0.5, 0.6) is 0 Å². The van der Waals surface area contributed by atoms with E-state index in [4.69, 9.17) is 0 Å². The van der Waals surface area contributed by atoms with Crippen LogP contribution in [0, 0.1) is 5.92 Å². The van der Waals surface area contributed by atoms with Gasteiger partial charge in [0, 0.05) is 17.5 Å². The van der Waals surface area contributed by atoms with Crippen molar-refractivity contribution in [3.8, 4) is 0 Å². The van der Waals surface area contributed by atoms with Crippen LogP contribution in [0.25, 0.3) is 0 Å². The predicted molar refractivity (Wildman–Crippen MR) is 57.6 cm³/mol.